The molecule has 13 nitrogen and oxygen atoms in total. The number of carbonyl (C=O) groups is 2. The van der Waals surface area contributed by atoms with Crippen LogP contribution >= 0.6 is 0 Å². The van der Waals surface area contributed by atoms with Gasteiger partial charge < -0.3 is 53.4 Å². The highest BCUT2D eigenvalue weighted by Gasteiger charge is 2.57. The van der Waals surface area contributed by atoms with Crippen molar-refractivity contribution < 1.29 is 58.1 Å². The Morgan fingerprint density at radius 3 is 2.02 bits per heavy atom. The maximum Gasteiger partial charge on any atom is 0.311 e. The van der Waals surface area contributed by atoms with Crippen LogP contribution in [0.3, 0.4) is 0 Å². The van der Waals surface area contributed by atoms with E-state index in [-0.39, 0.29) is 43.3 Å². The molecule has 18 atom stereocenters. The summed E-state index contributed by atoms with van der Waals surface area (Å²) in [4.78, 5) is 29.7. The van der Waals surface area contributed by atoms with Gasteiger partial charge in [-0.1, -0.05) is 27.7 Å². The predicted octanol–water partition coefficient (Wildman–Crippen LogP) is 1.91. The molecule has 13 heteroatoms. The first kappa shape index (κ1) is 39.5. The quantitative estimate of drug-likeness (QED) is 0.274. The van der Waals surface area contributed by atoms with E-state index in [1.807, 2.05) is 39.8 Å². The minimum absolute atomic E-state index is 0.198. The molecule has 0 saturated carbocycles. The lowest BCUT2D eigenvalue weighted by molar-refractivity contribution is -0.299. The molecule has 1 unspecified atom stereocenters. The maximum atomic E-state index is 13.9. The number of ether oxygens (including phenoxy) is 7. The van der Waals surface area contributed by atoms with Crippen molar-refractivity contribution in [3.05, 3.63) is 0 Å². The number of cyclic esters (lactones) is 1. The summed E-state index contributed by atoms with van der Waals surface area (Å²) < 4.78 is 43.0. The predicted molar refractivity (Wildman–Crippen MR) is 174 cm³/mol. The summed E-state index contributed by atoms with van der Waals surface area (Å²) in [5.41, 5.74) is -1.10. The number of carbonyl (C=O) groups excluding carboxylic acids is 2. The van der Waals surface area contributed by atoms with E-state index in [2.05, 4.69) is 0 Å². The van der Waals surface area contributed by atoms with Gasteiger partial charge in [-0.2, -0.15) is 0 Å². The Hall–Kier alpha value is -1.26. The molecule has 0 bridgehead atoms. The molecule has 4 saturated heterocycles. The van der Waals surface area contributed by atoms with Crippen molar-refractivity contribution in [2.24, 2.45) is 29.6 Å². The van der Waals surface area contributed by atoms with E-state index in [4.69, 9.17) is 33.2 Å². The summed E-state index contributed by atoms with van der Waals surface area (Å²) in [5, 5.41) is 33.3. The van der Waals surface area contributed by atoms with E-state index in [1.165, 1.54) is 7.11 Å². The van der Waals surface area contributed by atoms with Crippen LogP contribution in [0.2, 0.25) is 0 Å². The molecule has 0 aromatic carbocycles. The zero-order chi connectivity index (χ0) is 35.8. The lowest BCUT2D eigenvalue weighted by Gasteiger charge is -2.46. The number of Topliss-reactive ketones (excluding diaryl/α,β-unsaturated/α-hetero) is 1. The second kappa shape index (κ2) is 16.0. The molecule has 3 N–H and O–H groups in total. The van der Waals surface area contributed by atoms with Crippen LogP contribution in [0.25, 0.3) is 0 Å². The number of hydrogen-bond donors (Lipinski definition) is 3. The molecular weight excluding hydrogens is 626 g/mol. The Labute approximate surface area is 285 Å². The van der Waals surface area contributed by atoms with Crippen LogP contribution in [0.1, 0.15) is 74.7 Å². The summed E-state index contributed by atoms with van der Waals surface area (Å²) in [6.45, 7) is 14.6. The average Bonchev–Trinajstić information content (AvgIpc) is 3.82. The van der Waals surface area contributed by atoms with Gasteiger partial charge in [0.05, 0.1) is 49.1 Å². The van der Waals surface area contributed by atoms with Crippen LogP contribution in [0.5, 0.6) is 0 Å². The summed E-state index contributed by atoms with van der Waals surface area (Å²) in [6, 6.07) is -0.219. The first-order valence-corrected chi connectivity index (χ1v) is 17.7. The van der Waals surface area contributed by atoms with Crippen LogP contribution < -0.4 is 0 Å². The third-order valence-electron chi connectivity index (χ3n) is 11.4. The zero-order valence-electron chi connectivity index (χ0n) is 30.6. The molecule has 4 heterocycles. The van der Waals surface area contributed by atoms with Gasteiger partial charge in [-0.3, -0.25) is 9.59 Å². The lowest BCUT2D eigenvalue weighted by atomic mass is 9.76. The minimum atomic E-state index is -1.10. The normalized spacial score (nSPS) is 49.9. The topological polar surface area (TPSA) is 166 Å². The highest BCUT2D eigenvalue weighted by atomic mass is 16.7. The first-order valence-electron chi connectivity index (χ1n) is 17.7. The number of aliphatic hydroxyl groups is 3. The van der Waals surface area contributed by atoms with Gasteiger partial charge in [0, 0.05) is 37.3 Å². The third kappa shape index (κ3) is 8.43. The zero-order valence-corrected chi connectivity index (χ0v) is 30.6. The van der Waals surface area contributed by atoms with E-state index in [0.29, 0.717) is 6.42 Å². The SMILES string of the molecule is CO[C@H]1C[C@H](O[C@H]2[C@H](C)C(O[C@@H]3O[C@H](C)C[C@H](N(C)C)[C@H]3O)[C@@H](C)C[C@@]3(CO3)C(=O)[C@H](C)[C@@H](O)[C@@H](C)[C@@H](C)OC(=O)[C@@H]2C)O[C@@H](C)[C@@H]1O. The number of rotatable bonds is 6. The van der Waals surface area contributed by atoms with Crippen LogP contribution in [-0.4, -0.2) is 139 Å². The summed E-state index contributed by atoms with van der Waals surface area (Å²) in [5.74, 6) is -3.74. The second-order valence-electron chi connectivity index (χ2n) is 15.3. The third-order valence-corrected chi connectivity index (χ3v) is 11.4. The van der Waals surface area contributed by atoms with Crippen molar-refractivity contribution >= 4 is 11.8 Å². The van der Waals surface area contributed by atoms with Gasteiger partial charge in [0.2, 0.25) is 0 Å². The Morgan fingerprint density at radius 2 is 1.44 bits per heavy atom. The molecule has 0 amide bonds. The van der Waals surface area contributed by atoms with Crippen molar-refractivity contribution in [2.75, 3.05) is 27.8 Å². The van der Waals surface area contributed by atoms with E-state index >= 15 is 0 Å². The molecule has 4 aliphatic heterocycles. The van der Waals surface area contributed by atoms with Gasteiger partial charge in [-0.15, -0.1) is 0 Å². The van der Waals surface area contributed by atoms with Crippen LogP contribution in [0, 0.1) is 29.6 Å². The minimum Gasteiger partial charge on any atom is -0.462 e. The van der Waals surface area contributed by atoms with Crippen molar-refractivity contribution in [1.29, 1.82) is 0 Å². The largest absolute Gasteiger partial charge is 0.462 e. The standard InChI is InChI=1S/C35H61NO12/c1-16-14-35(15-43-35)32(40)19(4)27(37)18(3)22(7)46-33(41)21(6)31(47-26-13-25(42-11)28(38)23(8)45-26)20(5)30(16)48-34-29(39)24(36(9)10)12-17(2)44-34/h16-31,34,37-39H,12-15H2,1-11H3/t16-,17+,18-,19+,20+,21+,22+,23-,24-,25-,26-,27-,28-,29+,30?,31-,34-,35+/m0/s1. The van der Waals surface area contributed by atoms with E-state index in [9.17, 15) is 24.9 Å². The van der Waals surface area contributed by atoms with Gasteiger partial charge in [0.25, 0.3) is 0 Å². The first-order chi connectivity index (χ1) is 22.4. The molecule has 1 spiro atoms. The highest BCUT2D eigenvalue weighted by molar-refractivity contribution is 5.92. The molecule has 4 rings (SSSR count). The number of likely N-dealkylation sites (N-methyl/N-ethyl adjacent to an activating group) is 1. The van der Waals surface area contributed by atoms with Gasteiger partial charge in [0.15, 0.2) is 24.0 Å². The number of ketones is 1. The molecule has 278 valence electrons. The number of nitrogens with zero attached hydrogens (tertiary/aromatic N) is 1. The molecule has 0 aromatic rings. The Kier molecular flexibility index (Phi) is 13.1. The van der Waals surface area contributed by atoms with Crippen LogP contribution in [0.15, 0.2) is 0 Å². The molecule has 4 aliphatic rings. The molecule has 48 heavy (non-hydrogen) atoms. The second-order valence-corrected chi connectivity index (χ2v) is 15.3. The van der Waals surface area contributed by atoms with Gasteiger partial charge >= 0.3 is 5.97 Å². The number of epoxide rings is 1. The van der Waals surface area contributed by atoms with E-state index in [1.54, 1.807) is 34.6 Å². The van der Waals surface area contributed by atoms with Gasteiger partial charge in [-0.05, 0) is 60.5 Å². The van der Waals surface area contributed by atoms with Crippen LogP contribution in [0.4, 0.5) is 0 Å². The number of esters is 1. The van der Waals surface area contributed by atoms with Crippen molar-refractivity contribution in [3.63, 3.8) is 0 Å². The Balaban J connectivity index is 1.75. The monoisotopic (exact) mass is 687 g/mol. The smallest absolute Gasteiger partial charge is 0.311 e. The van der Waals surface area contributed by atoms with Crippen molar-refractivity contribution in [2.45, 2.75) is 154 Å². The fraction of sp³-hybridized carbons (Fsp3) is 0.943. The number of hydrogen-bond acceptors (Lipinski definition) is 13. The summed E-state index contributed by atoms with van der Waals surface area (Å²) in [6.07, 6.45) is -7.15. The number of aliphatic hydroxyl groups excluding tert-OH is 3. The molecular formula is C35H61NO12. The van der Waals surface area contributed by atoms with E-state index < -0.39 is 96.7 Å². The van der Waals surface area contributed by atoms with Crippen molar-refractivity contribution in [3.8, 4) is 0 Å². The molecule has 0 aromatic heterocycles. The fourth-order valence-electron chi connectivity index (χ4n) is 7.89. The molecule has 0 radical (unpaired) electrons. The number of methoxy groups -OCH3 is 1. The summed E-state index contributed by atoms with van der Waals surface area (Å²) in [7, 11) is 5.32. The van der Waals surface area contributed by atoms with E-state index in [0.717, 1.165) is 0 Å². The van der Waals surface area contributed by atoms with Crippen LogP contribution in [-0.2, 0) is 42.7 Å². The average molecular weight is 688 g/mol. The Bertz CT molecular complexity index is 1090. The van der Waals surface area contributed by atoms with Crippen molar-refractivity contribution in [1.82, 2.24) is 4.90 Å². The maximum absolute atomic E-state index is 13.9. The summed E-state index contributed by atoms with van der Waals surface area (Å²) >= 11 is 0. The molecule has 0 aliphatic carbocycles. The fourth-order valence-corrected chi connectivity index (χ4v) is 7.89. The molecule has 4 fully saturated rings. The Morgan fingerprint density at radius 1 is 0.792 bits per heavy atom. The lowest BCUT2D eigenvalue weighted by Crippen LogP contribution is -2.57. The van der Waals surface area contributed by atoms with Gasteiger partial charge in [0.1, 0.15) is 18.3 Å². The van der Waals surface area contributed by atoms with Gasteiger partial charge in [-0.25, -0.2) is 0 Å². The highest BCUT2D eigenvalue weighted by Crippen LogP contribution is 2.43.